The molecule has 0 amide bonds. The van der Waals surface area contributed by atoms with Crippen LogP contribution >= 0.6 is 11.3 Å². The first-order valence-corrected chi connectivity index (χ1v) is 11.6. The van der Waals surface area contributed by atoms with Crippen LogP contribution in [0.5, 0.6) is 0 Å². The lowest BCUT2D eigenvalue weighted by molar-refractivity contribution is 0.0515. The number of para-hydroxylation sites is 1. The zero-order valence-corrected chi connectivity index (χ0v) is 18.5. The first kappa shape index (κ1) is 21.1. The summed E-state index contributed by atoms with van der Waals surface area (Å²) in [5, 5.41) is 8.70. The summed E-state index contributed by atoms with van der Waals surface area (Å²) in [6, 6.07) is 21.4. The maximum absolute atomic E-state index is 12.5. The van der Waals surface area contributed by atoms with Gasteiger partial charge in [0.15, 0.2) is 0 Å². The highest BCUT2D eigenvalue weighted by Gasteiger charge is 2.16. The number of rotatable bonds is 9. The van der Waals surface area contributed by atoms with Crippen LogP contribution in [-0.2, 0) is 4.84 Å². The predicted octanol–water partition coefficient (Wildman–Crippen LogP) is 7.22. The van der Waals surface area contributed by atoms with Crippen LogP contribution in [0.1, 0.15) is 54.9 Å². The average Bonchev–Trinajstić information content (AvgIpc) is 3.47. The lowest BCUT2D eigenvalue weighted by atomic mass is 10.0. The molecule has 0 aliphatic rings. The van der Waals surface area contributed by atoms with Crippen LogP contribution in [0, 0.1) is 0 Å². The molecule has 4 rings (SSSR count). The predicted molar refractivity (Wildman–Crippen MR) is 128 cm³/mol. The van der Waals surface area contributed by atoms with Gasteiger partial charge < -0.3 is 9.40 Å². The fourth-order valence-corrected chi connectivity index (χ4v) is 4.39. The fourth-order valence-electron chi connectivity index (χ4n) is 3.67. The Balaban J connectivity index is 1.69. The summed E-state index contributed by atoms with van der Waals surface area (Å²) in [7, 11) is 0. The highest BCUT2D eigenvalue weighted by molar-refractivity contribution is 7.12. The minimum absolute atomic E-state index is 0.436. The third kappa shape index (κ3) is 4.94. The molecule has 2 aromatic heterocycles. The summed E-state index contributed by atoms with van der Waals surface area (Å²) in [6.07, 6.45) is 7.38. The zero-order chi connectivity index (χ0) is 21.5. The summed E-state index contributed by atoms with van der Waals surface area (Å²) < 4.78 is 2.19. The van der Waals surface area contributed by atoms with Crippen molar-refractivity contribution in [3.8, 4) is 5.00 Å². The van der Waals surface area contributed by atoms with Crippen LogP contribution in [0.15, 0.2) is 83.5 Å². The van der Waals surface area contributed by atoms with Crippen LogP contribution in [0.4, 0.5) is 0 Å². The maximum Gasteiger partial charge on any atom is 0.365 e. The molecule has 0 fully saturated rings. The van der Waals surface area contributed by atoms with Crippen molar-refractivity contribution in [3.63, 3.8) is 0 Å². The number of nitrogens with zero attached hydrogens (tertiary/aromatic N) is 2. The molecule has 0 aliphatic carbocycles. The molecule has 0 N–H and O–H groups in total. The van der Waals surface area contributed by atoms with E-state index in [-0.39, 0.29) is 0 Å². The number of fused-ring (bicyclic) bond motifs is 1. The van der Waals surface area contributed by atoms with Crippen LogP contribution in [0.2, 0.25) is 0 Å². The van der Waals surface area contributed by atoms with E-state index >= 15 is 0 Å². The maximum atomic E-state index is 12.5. The van der Waals surface area contributed by atoms with E-state index in [1.807, 2.05) is 30.3 Å². The normalized spacial score (nSPS) is 11.7. The van der Waals surface area contributed by atoms with Crippen molar-refractivity contribution < 1.29 is 9.63 Å². The number of unbranched alkanes of at least 4 members (excludes halogenated alkanes) is 3. The van der Waals surface area contributed by atoms with Crippen LogP contribution < -0.4 is 0 Å². The number of aromatic nitrogens is 1. The molecule has 4 aromatic rings. The Morgan fingerprint density at radius 2 is 1.77 bits per heavy atom. The number of hydrogen-bond donors (Lipinski definition) is 0. The van der Waals surface area contributed by atoms with Gasteiger partial charge in [0.2, 0.25) is 0 Å². The molecule has 0 aliphatic heterocycles. The Bertz CT molecular complexity index is 1160. The van der Waals surface area contributed by atoms with Crippen molar-refractivity contribution in [2.45, 2.75) is 39.0 Å². The van der Waals surface area contributed by atoms with Crippen molar-refractivity contribution >= 4 is 33.9 Å². The van der Waals surface area contributed by atoms with E-state index in [4.69, 9.17) is 4.84 Å². The van der Waals surface area contributed by atoms with E-state index in [1.165, 1.54) is 12.8 Å². The highest BCUT2D eigenvalue weighted by atomic mass is 32.1. The molecular formula is C26H26N2O2S. The van der Waals surface area contributed by atoms with E-state index in [9.17, 15) is 4.79 Å². The standard InChI is InChI=1S/C26H26N2O2S/c1-2-3-4-8-15-23(27-30-26(29)20-12-6-5-7-13-20)22-19-28(25-17-11-18-31-25)24-16-10-9-14-21(22)24/h5-7,9-14,16-19H,2-4,8,15H2,1H3/b27-23+. The average molecular weight is 431 g/mol. The summed E-state index contributed by atoms with van der Waals surface area (Å²) in [6.45, 7) is 2.20. The number of carbonyl (C=O) groups is 1. The molecule has 0 radical (unpaired) electrons. The molecule has 2 heterocycles. The zero-order valence-electron chi connectivity index (χ0n) is 17.7. The van der Waals surface area contributed by atoms with Crippen LogP contribution in [0.25, 0.3) is 15.9 Å². The number of thiophene rings is 1. The molecule has 0 atom stereocenters. The summed E-state index contributed by atoms with van der Waals surface area (Å²) >= 11 is 1.69. The highest BCUT2D eigenvalue weighted by Crippen LogP contribution is 2.29. The van der Waals surface area contributed by atoms with Gasteiger partial charge in [-0.15, -0.1) is 11.3 Å². The van der Waals surface area contributed by atoms with Crippen molar-refractivity contribution in [2.24, 2.45) is 5.16 Å². The quantitative estimate of drug-likeness (QED) is 0.122. The smallest absolute Gasteiger partial charge is 0.313 e. The van der Waals surface area contributed by atoms with Crippen molar-refractivity contribution in [1.29, 1.82) is 0 Å². The van der Waals surface area contributed by atoms with E-state index in [0.29, 0.717) is 5.56 Å². The van der Waals surface area contributed by atoms with Gasteiger partial charge in [0, 0.05) is 17.1 Å². The number of hydrogen-bond acceptors (Lipinski definition) is 4. The van der Waals surface area contributed by atoms with Gasteiger partial charge in [0.1, 0.15) is 0 Å². The van der Waals surface area contributed by atoms with E-state index in [0.717, 1.165) is 46.4 Å². The Labute approximate surface area is 186 Å². The van der Waals surface area contributed by atoms with Crippen LogP contribution in [-0.4, -0.2) is 16.2 Å². The van der Waals surface area contributed by atoms with Gasteiger partial charge in [-0.3, -0.25) is 0 Å². The van der Waals surface area contributed by atoms with Gasteiger partial charge >= 0.3 is 5.97 Å². The number of carbonyl (C=O) groups excluding carboxylic acids is 1. The molecule has 0 unspecified atom stereocenters. The number of benzene rings is 2. The largest absolute Gasteiger partial charge is 0.365 e. The van der Waals surface area contributed by atoms with Gasteiger partial charge in [-0.25, -0.2) is 4.79 Å². The van der Waals surface area contributed by atoms with Gasteiger partial charge in [-0.1, -0.05) is 67.7 Å². The second-order valence-corrected chi connectivity index (χ2v) is 8.40. The molecule has 0 spiro atoms. The SMILES string of the molecule is CCCCCC/C(=N\OC(=O)c1ccccc1)c1cn(-c2cccs2)c2ccccc12. The lowest BCUT2D eigenvalue weighted by Gasteiger charge is -2.06. The molecular weight excluding hydrogens is 404 g/mol. The Kier molecular flexibility index (Phi) is 6.95. The van der Waals surface area contributed by atoms with Gasteiger partial charge in [-0.2, -0.15) is 0 Å². The fraction of sp³-hybridized carbons (Fsp3) is 0.231. The summed E-state index contributed by atoms with van der Waals surface area (Å²) in [5.74, 6) is -0.436. The molecule has 4 nitrogen and oxygen atoms in total. The van der Waals surface area contributed by atoms with E-state index in [2.05, 4.69) is 52.5 Å². The molecule has 2 aromatic carbocycles. The second-order valence-electron chi connectivity index (χ2n) is 7.47. The van der Waals surface area contributed by atoms with E-state index in [1.54, 1.807) is 23.5 Å². The van der Waals surface area contributed by atoms with Crippen molar-refractivity contribution in [1.82, 2.24) is 4.57 Å². The molecule has 158 valence electrons. The monoisotopic (exact) mass is 430 g/mol. The molecule has 0 saturated carbocycles. The third-order valence-electron chi connectivity index (χ3n) is 5.28. The Morgan fingerprint density at radius 1 is 0.968 bits per heavy atom. The number of oxime groups is 1. The Morgan fingerprint density at radius 3 is 2.55 bits per heavy atom. The van der Waals surface area contributed by atoms with E-state index < -0.39 is 5.97 Å². The summed E-state index contributed by atoms with van der Waals surface area (Å²) in [5.41, 5.74) is 3.45. The van der Waals surface area contributed by atoms with Gasteiger partial charge in [-0.05, 0) is 48.6 Å². The van der Waals surface area contributed by atoms with Crippen LogP contribution in [0.3, 0.4) is 0 Å². The first-order valence-electron chi connectivity index (χ1n) is 10.8. The minimum atomic E-state index is -0.436. The summed E-state index contributed by atoms with van der Waals surface area (Å²) in [4.78, 5) is 17.9. The topological polar surface area (TPSA) is 43.6 Å². The molecule has 0 bridgehead atoms. The Hall–Kier alpha value is -3.18. The van der Waals surface area contributed by atoms with Gasteiger partial charge in [0.25, 0.3) is 0 Å². The third-order valence-corrected chi connectivity index (χ3v) is 6.15. The van der Waals surface area contributed by atoms with Crippen molar-refractivity contribution in [2.75, 3.05) is 0 Å². The minimum Gasteiger partial charge on any atom is -0.313 e. The second kappa shape index (κ2) is 10.2. The molecule has 5 heteroatoms. The first-order chi connectivity index (χ1) is 15.3. The van der Waals surface area contributed by atoms with Gasteiger partial charge in [0.05, 0.1) is 21.8 Å². The lowest BCUT2D eigenvalue weighted by Crippen LogP contribution is -2.06. The van der Waals surface area contributed by atoms with Crippen molar-refractivity contribution in [3.05, 3.63) is 89.4 Å². The molecule has 31 heavy (non-hydrogen) atoms. The molecule has 0 saturated heterocycles.